The van der Waals surface area contributed by atoms with Crippen LogP contribution >= 0.6 is 12.2 Å². The summed E-state index contributed by atoms with van der Waals surface area (Å²) in [5.41, 5.74) is 0.541. The number of carboxylic acid groups (broad SMARTS) is 1. The lowest BCUT2D eigenvalue weighted by Crippen LogP contribution is -2.41. The van der Waals surface area contributed by atoms with Crippen molar-refractivity contribution in [2.24, 2.45) is 5.41 Å². The summed E-state index contributed by atoms with van der Waals surface area (Å²) in [6.45, 7) is 6.95. The summed E-state index contributed by atoms with van der Waals surface area (Å²) < 4.78 is 0. The van der Waals surface area contributed by atoms with Crippen LogP contribution in [0.25, 0.3) is 0 Å². The Kier molecular flexibility index (Phi) is 4.83. The van der Waals surface area contributed by atoms with Gasteiger partial charge in [0.05, 0.1) is 5.97 Å². The number of amides is 1. The maximum Gasteiger partial charge on any atom is 0.231 e. The van der Waals surface area contributed by atoms with Crippen LogP contribution in [0.4, 0.5) is 5.69 Å². The van der Waals surface area contributed by atoms with Crippen LogP contribution in [-0.2, 0) is 4.79 Å². The Hall–Kier alpha value is -1.95. The summed E-state index contributed by atoms with van der Waals surface area (Å²) in [5, 5.41) is 16.4. The highest BCUT2D eigenvalue weighted by atomic mass is 32.1. The molecule has 0 saturated carbocycles. The van der Waals surface area contributed by atoms with Crippen molar-refractivity contribution in [1.82, 2.24) is 5.32 Å². The number of aromatic carboxylic acids is 1. The van der Waals surface area contributed by atoms with Crippen LogP contribution in [-0.4, -0.2) is 17.0 Å². The molecule has 0 spiro atoms. The fourth-order valence-corrected chi connectivity index (χ4v) is 1.64. The van der Waals surface area contributed by atoms with Crippen molar-refractivity contribution < 1.29 is 14.7 Å². The van der Waals surface area contributed by atoms with Gasteiger partial charge in [0.25, 0.3) is 0 Å². The third kappa shape index (κ3) is 4.03. The van der Waals surface area contributed by atoms with E-state index < -0.39 is 11.4 Å². The first-order valence-corrected chi connectivity index (χ1v) is 6.47. The summed E-state index contributed by atoms with van der Waals surface area (Å²) in [6.07, 6.45) is 0. The average molecular weight is 293 g/mol. The van der Waals surface area contributed by atoms with Crippen molar-refractivity contribution in [2.75, 3.05) is 5.32 Å². The molecular weight excluding hydrogens is 276 g/mol. The Morgan fingerprint density at radius 3 is 2.35 bits per heavy atom. The monoisotopic (exact) mass is 293 g/mol. The van der Waals surface area contributed by atoms with Gasteiger partial charge in [-0.05, 0) is 30.8 Å². The quantitative estimate of drug-likeness (QED) is 0.801. The zero-order chi connectivity index (χ0) is 15.5. The van der Waals surface area contributed by atoms with Crippen molar-refractivity contribution in [3.63, 3.8) is 0 Å². The summed E-state index contributed by atoms with van der Waals surface area (Å²) in [5.74, 6) is -1.47. The number of hydrogen-bond acceptors (Lipinski definition) is 4. The first kappa shape index (κ1) is 16.1. The van der Waals surface area contributed by atoms with Crippen molar-refractivity contribution in [3.8, 4) is 0 Å². The molecule has 0 aromatic heterocycles. The lowest BCUT2D eigenvalue weighted by molar-refractivity contribution is -0.255. The fraction of sp³-hybridized carbons (Fsp3) is 0.357. The lowest BCUT2D eigenvalue weighted by atomic mass is 9.96. The standard InChI is InChI=1S/C14H18N2O3S/c1-8-9(11(17)18)6-5-7-10(8)15-13(20)16-12(19)14(2,3)4/h5-7H,1-4H3,(H,17,18)(H2,15,16,19,20)/p-1. The molecule has 0 heterocycles. The van der Waals surface area contributed by atoms with E-state index in [0.29, 0.717) is 11.3 Å². The third-order valence-electron chi connectivity index (χ3n) is 2.71. The molecule has 0 bridgehead atoms. The maximum atomic E-state index is 11.8. The van der Waals surface area contributed by atoms with Gasteiger partial charge in [0.1, 0.15) is 0 Å². The molecule has 1 rings (SSSR count). The van der Waals surface area contributed by atoms with E-state index in [-0.39, 0.29) is 16.6 Å². The largest absolute Gasteiger partial charge is 0.545 e. The van der Waals surface area contributed by atoms with E-state index >= 15 is 0 Å². The van der Waals surface area contributed by atoms with Gasteiger partial charge in [0.2, 0.25) is 5.91 Å². The molecule has 2 N–H and O–H groups in total. The number of carbonyl (C=O) groups is 2. The van der Waals surface area contributed by atoms with Gasteiger partial charge in [-0.3, -0.25) is 4.79 Å². The zero-order valence-electron chi connectivity index (χ0n) is 11.9. The van der Waals surface area contributed by atoms with Gasteiger partial charge in [-0.1, -0.05) is 32.9 Å². The zero-order valence-corrected chi connectivity index (χ0v) is 12.7. The summed E-state index contributed by atoms with van der Waals surface area (Å²) in [4.78, 5) is 22.7. The Morgan fingerprint density at radius 1 is 1.25 bits per heavy atom. The number of carbonyl (C=O) groups excluding carboxylic acids is 2. The molecule has 6 heteroatoms. The molecule has 5 nitrogen and oxygen atoms in total. The molecule has 1 amide bonds. The van der Waals surface area contributed by atoms with Gasteiger partial charge in [-0.15, -0.1) is 0 Å². The molecule has 0 saturated heterocycles. The fourth-order valence-electron chi connectivity index (χ4n) is 1.44. The average Bonchev–Trinajstić information content (AvgIpc) is 2.30. The van der Waals surface area contributed by atoms with Crippen LogP contribution in [0.3, 0.4) is 0 Å². The van der Waals surface area contributed by atoms with Gasteiger partial charge in [-0.2, -0.15) is 0 Å². The summed E-state index contributed by atoms with van der Waals surface area (Å²) in [7, 11) is 0. The normalized spacial score (nSPS) is 10.8. The summed E-state index contributed by atoms with van der Waals surface area (Å²) >= 11 is 5.04. The first-order valence-electron chi connectivity index (χ1n) is 6.06. The molecule has 0 atom stereocenters. The van der Waals surface area contributed by atoms with E-state index in [1.54, 1.807) is 39.8 Å². The molecule has 0 radical (unpaired) electrons. The van der Waals surface area contributed by atoms with Crippen LogP contribution in [0.15, 0.2) is 18.2 Å². The summed E-state index contributed by atoms with van der Waals surface area (Å²) in [6, 6.07) is 4.71. The second kappa shape index (κ2) is 6.00. The number of anilines is 1. The molecule has 0 aliphatic carbocycles. The topological polar surface area (TPSA) is 81.3 Å². The predicted molar refractivity (Wildman–Crippen MR) is 79.3 cm³/mol. The lowest BCUT2D eigenvalue weighted by Gasteiger charge is -2.19. The Labute approximate surface area is 123 Å². The number of carboxylic acids is 1. The van der Waals surface area contributed by atoms with Crippen LogP contribution in [0.2, 0.25) is 0 Å². The number of nitrogens with one attached hydrogen (secondary N) is 2. The minimum Gasteiger partial charge on any atom is -0.545 e. The molecule has 0 aliphatic heterocycles. The van der Waals surface area contributed by atoms with Crippen LogP contribution in [0.5, 0.6) is 0 Å². The molecule has 0 aliphatic rings. The van der Waals surface area contributed by atoms with Gasteiger partial charge in [-0.25, -0.2) is 0 Å². The highest BCUT2D eigenvalue weighted by Gasteiger charge is 2.22. The maximum absolute atomic E-state index is 11.8. The second-order valence-corrected chi connectivity index (χ2v) is 5.83. The van der Waals surface area contributed by atoms with Crippen molar-refractivity contribution in [1.29, 1.82) is 0 Å². The molecule has 20 heavy (non-hydrogen) atoms. The highest BCUT2D eigenvalue weighted by Crippen LogP contribution is 2.18. The second-order valence-electron chi connectivity index (χ2n) is 5.42. The van der Waals surface area contributed by atoms with E-state index in [2.05, 4.69) is 10.6 Å². The minimum absolute atomic E-state index is 0.0833. The smallest absolute Gasteiger partial charge is 0.231 e. The number of benzene rings is 1. The molecule has 0 unspecified atom stereocenters. The molecule has 0 fully saturated rings. The number of thiocarbonyl (C=S) groups is 1. The Balaban J connectivity index is 2.85. The van der Waals surface area contributed by atoms with E-state index in [1.807, 2.05) is 0 Å². The predicted octanol–water partition coefficient (Wildman–Crippen LogP) is 1.22. The van der Waals surface area contributed by atoms with Gasteiger partial charge < -0.3 is 20.5 Å². The highest BCUT2D eigenvalue weighted by molar-refractivity contribution is 7.80. The van der Waals surface area contributed by atoms with Crippen LogP contribution in [0.1, 0.15) is 36.7 Å². The van der Waals surface area contributed by atoms with Gasteiger partial charge >= 0.3 is 0 Å². The van der Waals surface area contributed by atoms with Gasteiger partial charge in [0, 0.05) is 16.7 Å². The third-order valence-corrected chi connectivity index (χ3v) is 2.91. The van der Waals surface area contributed by atoms with E-state index in [9.17, 15) is 14.7 Å². The molecular formula is C14H17N2O3S-. The minimum atomic E-state index is -1.25. The van der Waals surface area contributed by atoms with Gasteiger partial charge in [0.15, 0.2) is 5.11 Å². The SMILES string of the molecule is Cc1c(NC(=S)NC(=O)C(C)(C)C)cccc1C(=O)[O-]. The number of hydrogen-bond donors (Lipinski definition) is 2. The first-order chi connectivity index (χ1) is 9.12. The number of rotatable bonds is 2. The van der Waals surface area contributed by atoms with Crippen molar-refractivity contribution in [2.45, 2.75) is 27.7 Å². The Bertz CT molecular complexity index is 562. The van der Waals surface area contributed by atoms with E-state index in [1.165, 1.54) is 6.07 Å². The van der Waals surface area contributed by atoms with Crippen LogP contribution in [0, 0.1) is 12.3 Å². The molecule has 1 aromatic carbocycles. The molecule has 108 valence electrons. The van der Waals surface area contributed by atoms with Crippen molar-refractivity contribution in [3.05, 3.63) is 29.3 Å². The Morgan fingerprint density at radius 2 is 1.85 bits per heavy atom. The van der Waals surface area contributed by atoms with E-state index in [0.717, 1.165) is 0 Å². The molecule has 1 aromatic rings. The van der Waals surface area contributed by atoms with Crippen molar-refractivity contribution >= 4 is 34.9 Å². The van der Waals surface area contributed by atoms with Crippen LogP contribution < -0.4 is 15.7 Å². The van der Waals surface area contributed by atoms with E-state index in [4.69, 9.17) is 12.2 Å².